The van der Waals surface area contributed by atoms with Gasteiger partial charge in [0.25, 0.3) is 0 Å². The highest BCUT2D eigenvalue weighted by molar-refractivity contribution is 6.22. The van der Waals surface area contributed by atoms with Gasteiger partial charge in [0.05, 0.1) is 12.5 Å². The number of hydrogen-bond acceptors (Lipinski definition) is 1. The molecule has 0 amide bonds. The third kappa shape index (κ3) is 3.30. The van der Waals surface area contributed by atoms with E-state index in [1.807, 2.05) is 24.3 Å². The molecule has 2 aromatic carbocycles. The molecule has 1 atom stereocenters. The normalized spacial score (nSPS) is 12.5. The number of benzene rings is 2. The van der Waals surface area contributed by atoms with Gasteiger partial charge in [0, 0.05) is 0 Å². The molecule has 1 unspecified atom stereocenters. The Morgan fingerprint density at radius 1 is 0.789 bits per heavy atom. The Balaban J connectivity index is 2.20. The van der Waals surface area contributed by atoms with Gasteiger partial charge in [-0.15, -0.1) is 11.6 Å². The van der Waals surface area contributed by atoms with Crippen LogP contribution >= 0.6 is 11.6 Å². The number of ether oxygens (including phenoxy) is 1. The van der Waals surface area contributed by atoms with Gasteiger partial charge >= 0.3 is 0 Å². The van der Waals surface area contributed by atoms with Gasteiger partial charge in [0.15, 0.2) is 0 Å². The predicted octanol–water partition coefficient (Wildman–Crippen LogP) is 5.15. The van der Waals surface area contributed by atoms with Crippen LogP contribution < -0.4 is 4.74 Å². The van der Waals surface area contributed by atoms with Crippen molar-refractivity contribution in [2.24, 2.45) is 0 Å². The molecule has 0 saturated carbocycles. The summed E-state index contributed by atoms with van der Waals surface area (Å²) in [6, 6.07) is 16.4. The average molecular weight is 275 g/mol. The fourth-order valence-electron chi connectivity index (χ4n) is 2.02. The molecule has 2 rings (SSSR count). The maximum atomic E-state index is 6.52. The second kappa shape index (κ2) is 6.12. The van der Waals surface area contributed by atoms with Crippen molar-refractivity contribution in [1.82, 2.24) is 0 Å². The number of alkyl halides is 1. The maximum Gasteiger partial charge on any atom is 0.118 e. The number of halogens is 1. The molecule has 100 valence electrons. The Kier molecular flexibility index (Phi) is 4.49. The minimum absolute atomic E-state index is 0.118. The van der Waals surface area contributed by atoms with Crippen molar-refractivity contribution in [2.45, 2.75) is 25.1 Å². The summed E-state index contributed by atoms with van der Waals surface area (Å²) in [5.74, 6) is 1.39. The molecule has 0 aliphatic heterocycles. The zero-order chi connectivity index (χ0) is 13.8. The van der Waals surface area contributed by atoms with Crippen LogP contribution in [-0.2, 0) is 0 Å². The second-order valence-corrected chi connectivity index (χ2v) is 5.39. The molecule has 2 aromatic rings. The van der Waals surface area contributed by atoms with Crippen molar-refractivity contribution in [1.29, 1.82) is 0 Å². The van der Waals surface area contributed by atoms with Crippen molar-refractivity contribution in [3.63, 3.8) is 0 Å². The standard InChI is InChI=1S/C17H19ClO/c1-12(2)13-4-6-14(7-5-13)17(18)15-8-10-16(19-3)11-9-15/h4-12,17H,1-3H3. The van der Waals surface area contributed by atoms with Gasteiger partial charge in [-0.3, -0.25) is 0 Å². The average Bonchev–Trinajstić information content (AvgIpc) is 2.46. The molecule has 0 fully saturated rings. The first-order chi connectivity index (χ1) is 9.11. The summed E-state index contributed by atoms with van der Waals surface area (Å²) in [5, 5.41) is -0.118. The molecule has 0 aliphatic rings. The van der Waals surface area contributed by atoms with Crippen LogP contribution in [0.3, 0.4) is 0 Å². The molecular formula is C17H19ClO. The van der Waals surface area contributed by atoms with Crippen molar-refractivity contribution in [3.8, 4) is 5.75 Å². The topological polar surface area (TPSA) is 9.23 Å². The van der Waals surface area contributed by atoms with Crippen LogP contribution in [0.25, 0.3) is 0 Å². The number of rotatable bonds is 4. The Hall–Kier alpha value is -1.47. The summed E-state index contributed by atoms with van der Waals surface area (Å²) in [7, 11) is 1.66. The monoisotopic (exact) mass is 274 g/mol. The second-order valence-electron chi connectivity index (χ2n) is 4.96. The molecule has 1 nitrogen and oxygen atoms in total. The van der Waals surface area contributed by atoms with E-state index in [4.69, 9.17) is 16.3 Å². The lowest BCUT2D eigenvalue weighted by atomic mass is 9.98. The molecule has 0 spiro atoms. The van der Waals surface area contributed by atoms with Crippen LogP contribution in [0.5, 0.6) is 5.75 Å². The Labute approximate surface area is 120 Å². The lowest BCUT2D eigenvalue weighted by molar-refractivity contribution is 0.414. The molecule has 0 saturated heterocycles. The maximum absolute atomic E-state index is 6.52. The molecule has 0 aromatic heterocycles. The van der Waals surface area contributed by atoms with Crippen molar-refractivity contribution < 1.29 is 4.74 Å². The molecule has 19 heavy (non-hydrogen) atoms. The number of hydrogen-bond donors (Lipinski definition) is 0. The first kappa shape index (κ1) is 14.0. The van der Waals surface area contributed by atoms with Gasteiger partial charge in [0.2, 0.25) is 0 Å². The summed E-state index contributed by atoms with van der Waals surface area (Å²) < 4.78 is 5.15. The Morgan fingerprint density at radius 2 is 1.21 bits per heavy atom. The van der Waals surface area contributed by atoms with Crippen LogP contribution in [-0.4, -0.2) is 7.11 Å². The SMILES string of the molecule is COc1ccc(C(Cl)c2ccc(C(C)C)cc2)cc1. The highest BCUT2D eigenvalue weighted by atomic mass is 35.5. The third-order valence-electron chi connectivity index (χ3n) is 3.30. The highest BCUT2D eigenvalue weighted by Crippen LogP contribution is 2.30. The highest BCUT2D eigenvalue weighted by Gasteiger charge is 2.11. The zero-order valence-corrected chi connectivity index (χ0v) is 12.3. The van der Waals surface area contributed by atoms with Crippen molar-refractivity contribution >= 4 is 11.6 Å². The van der Waals surface area contributed by atoms with Crippen molar-refractivity contribution in [3.05, 3.63) is 65.2 Å². The Morgan fingerprint density at radius 3 is 1.63 bits per heavy atom. The molecule has 0 N–H and O–H groups in total. The fraction of sp³-hybridized carbons (Fsp3) is 0.294. The summed E-state index contributed by atoms with van der Waals surface area (Å²) in [5.41, 5.74) is 3.54. The minimum atomic E-state index is -0.118. The van der Waals surface area contributed by atoms with Gasteiger partial charge in [0.1, 0.15) is 5.75 Å². The molecule has 2 heteroatoms. The lowest BCUT2D eigenvalue weighted by Crippen LogP contribution is -1.95. The van der Waals surface area contributed by atoms with Crippen LogP contribution in [0.1, 0.15) is 41.8 Å². The fourth-order valence-corrected chi connectivity index (χ4v) is 2.31. The van der Waals surface area contributed by atoms with E-state index in [2.05, 4.69) is 38.1 Å². The molecular weight excluding hydrogens is 256 g/mol. The summed E-state index contributed by atoms with van der Waals surface area (Å²) in [4.78, 5) is 0. The smallest absolute Gasteiger partial charge is 0.118 e. The largest absolute Gasteiger partial charge is 0.497 e. The van der Waals surface area contributed by atoms with E-state index in [1.165, 1.54) is 5.56 Å². The van der Waals surface area contributed by atoms with E-state index < -0.39 is 0 Å². The van der Waals surface area contributed by atoms with Gasteiger partial charge in [-0.05, 0) is 34.7 Å². The van der Waals surface area contributed by atoms with Gasteiger partial charge in [-0.2, -0.15) is 0 Å². The van der Waals surface area contributed by atoms with Crippen LogP contribution in [0.15, 0.2) is 48.5 Å². The van der Waals surface area contributed by atoms with Gasteiger partial charge in [-0.1, -0.05) is 50.2 Å². The quantitative estimate of drug-likeness (QED) is 0.701. The zero-order valence-electron chi connectivity index (χ0n) is 11.6. The molecule has 0 heterocycles. The van der Waals surface area contributed by atoms with E-state index in [-0.39, 0.29) is 5.38 Å². The van der Waals surface area contributed by atoms with Gasteiger partial charge < -0.3 is 4.74 Å². The predicted molar refractivity (Wildman–Crippen MR) is 81.2 cm³/mol. The summed E-state index contributed by atoms with van der Waals surface area (Å²) in [6.07, 6.45) is 0. The molecule has 0 radical (unpaired) electrons. The first-order valence-electron chi connectivity index (χ1n) is 6.49. The lowest BCUT2D eigenvalue weighted by Gasteiger charge is -2.12. The van der Waals surface area contributed by atoms with E-state index in [9.17, 15) is 0 Å². The Bertz CT molecular complexity index is 514. The van der Waals surface area contributed by atoms with Crippen LogP contribution in [0.4, 0.5) is 0 Å². The molecule has 0 aliphatic carbocycles. The van der Waals surface area contributed by atoms with E-state index >= 15 is 0 Å². The van der Waals surface area contributed by atoms with Crippen LogP contribution in [0.2, 0.25) is 0 Å². The van der Waals surface area contributed by atoms with E-state index in [0.29, 0.717) is 5.92 Å². The first-order valence-corrected chi connectivity index (χ1v) is 6.93. The van der Waals surface area contributed by atoms with Crippen LogP contribution in [0, 0.1) is 0 Å². The van der Waals surface area contributed by atoms with Crippen molar-refractivity contribution in [2.75, 3.05) is 7.11 Å². The van der Waals surface area contributed by atoms with E-state index in [1.54, 1.807) is 7.11 Å². The summed E-state index contributed by atoms with van der Waals surface area (Å²) in [6.45, 7) is 4.38. The molecule has 0 bridgehead atoms. The van der Waals surface area contributed by atoms with E-state index in [0.717, 1.165) is 16.9 Å². The minimum Gasteiger partial charge on any atom is -0.497 e. The third-order valence-corrected chi connectivity index (χ3v) is 3.81. The summed E-state index contributed by atoms with van der Waals surface area (Å²) >= 11 is 6.52. The van der Waals surface area contributed by atoms with Gasteiger partial charge in [-0.25, -0.2) is 0 Å². The number of methoxy groups -OCH3 is 1.